The van der Waals surface area contributed by atoms with Crippen molar-refractivity contribution in [2.24, 2.45) is 17.6 Å². The molecule has 1 fully saturated rings. The number of para-hydroxylation sites is 1. The minimum atomic E-state index is -0.385. The number of aryl methyl sites for hydroxylation is 1. The van der Waals surface area contributed by atoms with E-state index in [-0.39, 0.29) is 10.6 Å². The summed E-state index contributed by atoms with van der Waals surface area (Å²) in [5, 5.41) is 11.1. The average Bonchev–Trinajstić information content (AvgIpc) is 2.46. The maximum atomic E-state index is 11.1. The molecule has 2 unspecified atom stereocenters. The van der Waals surface area contributed by atoms with Gasteiger partial charge in [0.1, 0.15) is 0 Å². The summed E-state index contributed by atoms with van der Waals surface area (Å²) >= 11 is 0. The van der Waals surface area contributed by atoms with Gasteiger partial charge in [0.15, 0.2) is 5.75 Å². The van der Waals surface area contributed by atoms with Crippen LogP contribution in [0.1, 0.15) is 31.2 Å². The van der Waals surface area contributed by atoms with Crippen LogP contribution in [0.15, 0.2) is 18.2 Å². The summed E-state index contributed by atoms with van der Waals surface area (Å²) in [6.07, 6.45) is 4.66. The lowest BCUT2D eigenvalue weighted by atomic mass is 9.80. The molecular formula is C15H22N2O3. The topological polar surface area (TPSA) is 78.4 Å². The van der Waals surface area contributed by atoms with Gasteiger partial charge in [0.2, 0.25) is 0 Å². The molecular weight excluding hydrogens is 256 g/mol. The molecule has 0 aromatic heterocycles. The van der Waals surface area contributed by atoms with Crippen molar-refractivity contribution in [3.8, 4) is 5.75 Å². The van der Waals surface area contributed by atoms with Crippen LogP contribution in [0.2, 0.25) is 0 Å². The maximum Gasteiger partial charge on any atom is 0.311 e. The minimum absolute atomic E-state index is 0.0464. The molecule has 5 nitrogen and oxygen atoms in total. The zero-order valence-corrected chi connectivity index (χ0v) is 11.9. The lowest BCUT2D eigenvalue weighted by Crippen LogP contribution is -2.30. The van der Waals surface area contributed by atoms with Gasteiger partial charge in [-0.2, -0.15) is 0 Å². The van der Waals surface area contributed by atoms with E-state index in [0.717, 1.165) is 18.4 Å². The summed E-state index contributed by atoms with van der Waals surface area (Å²) in [4.78, 5) is 10.7. The Kier molecular flexibility index (Phi) is 4.95. The van der Waals surface area contributed by atoms with Crippen LogP contribution in [0.3, 0.4) is 0 Å². The van der Waals surface area contributed by atoms with Crippen molar-refractivity contribution in [2.45, 2.75) is 32.6 Å². The highest BCUT2D eigenvalue weighted by atomic mass is 16.6. The Bertz CT molecular complexity index is 476. The highest BCUT2D eigenvalue weighted by molar-refractivity contribution is 5.51. The van der Waals surface area contributed by atoms with Crippen LogP contribution < -0.4 is 10.5 Å². The molecule has 110 valence electrons. The van der Waals surface area contributed by atoms with Gasteiger partial charge in [-0.15, -0.1) is 0 Å². The Morgan fingerprint density at radius 1 is 1.35 bits per heavy atom. The SMILES string of the molecule is Cc1cccc([N+](=O)[O-])c1OCC1CCCCC1CN. The van der Waals surface area contributed by atoms with E-state index in [0.29, 0.717) is 30.7 Å². The first kappa shape index (κ1) is 14.8. The number of nitrogens with two attached hydrogens (primary N) is 1. The number of hydrogen-bond acceptors (Lipinski definition) is 4. The molecule has 0 bridgehead atoms. The van der Waals surface area contributed by atoms with Gasteiger partial charge in [0.25, 0.3) is 0 Å². The van der Waals surface area contributed by atoms with Gasteiger partial charge in [-0.1, -0.05) is 25.0 Å². The van der Waals surface area contributed by atoms with Crippen molar-refractivity contribution in [3.05, 3.63) is 33.9 Å². The van der Waals surface area contributed by atoms with Gasteiger partial charge in [0.05, 0.1) is 11.5 Å². The summed E-state index contributed by atoms with van der Waals surface area (Å²) in [6.45, 7) is 3.03. The molecule has 1 aromatic carbocycles. The van der Waals surface area contributed by atoms with Crippen molar-refractivity contribution < 1.29 is 9.66 Å². The number of rotatable bonds is 5. The summed E-state index contributed by atoms with van der Waals surface area (Å²) in [6, 6.07) is 5.01. The first-order valence-electron chi connectivity index (χ1n) is 7.20. The van der Waals surface area contributed by atoms with E-state index in [1.165, 1.54) is 18.9 Å². The van der Waals surface area contributed by atoms with E-state index in [1.54, 1.807) is 6.07 Å². The molecule has 2 rings (SSSR count). The molecule has 1 aromatic rings. The van der Waals surface area contributed by atoms with Crippen molar-refractivity contribution >= 4 is 5.69 Å². The molecule has 0 spiro atoms. The van der Waals surface area contributed by atoms with Gasteiger partial charge < -0.3 is 10.5 Å². The molecule has 5 heteroatoms. The summed E-state index contributed by atoms with van der Waals surface area (Å²) < 4.78 is 5.80. The largest absolute Gasteiger partial charge is 0.486 e. The first-order valence-corrected chi connectivity index (χ1v) is 7.20. The quantitative estimate of drug-likeness (QED) is 0.663. The van der Waals surface area contributed by atoms with E-state index in [4.69, 9.17) is 10.5 Å². The molecule has 0 amide bonds. The van der Waals surface area contributed by atoms with Crippen LogP contribution in [0.25, 0.3) is 0 Å². The lowest BCUT2D eigenvalue weighted by molar-refractivity contribution is -0.386. The molecule has 0 heterocycles. The summed E-state index contributed by atoms with van der Waals surface area (Å²) in [5.41, 5.74) is 6.66. The van der Waals surface area contributed by atoms with Crippen LogP contribution in [0.5, 0.6) is 5.75 Å². The molecule has 20 heavy (non-hydrogen) atoms. The summed E-state index contributed by atoms with van der Waals surface area (Å²) in [5.74, 6) is 1.29. The van der Waals surface area contributed by atoms with Gasteiger partial charge in [-0.05, 0) is 43.7 Å². The van der Waals surface area contributed by atoms with Crippen LogP contribution in [0.4, 0.5) is 5.69 Å². The second kappa shape index (κ2) is 6.70. The fourth-order valence-electron chi connectivity index (χ4n) is 2.97. The molecule has 0 radical (unpaired) electrons. The fraction of sp³-hybridized carbons (Fsp3) is 0.600. The van der Waals surface area contributed by atoms with E-state index in [1.807, 2.05) is 13.0 Å². The van der Waals surface area contributed by atoms with E-state index < -0.39 is 0 Å². The van der Waals surface area contributed by atoms with Crippen LogP contribution >= 0.6 is 0 Å². The standard InChI is InChI=1S/C15H22N2O3/c1-11-5-4-8-14(17(18)19)15(11)20-10-13-7-3-2-6-12(13)9-16/h4-5,8,12-13H,2-3,6-7,9-10,16H2,1H3. The van der Waals surface area contributed by atoms with Gasteiger partial charge in [-0.3, -0.25) is 10.1 Å². The third-order valence-electron chi connectivity index (χ3n) is 4.20. The second-order valence-corrected chi connectivity index (χ2v) is 5.53. The molecule has 2 atom stereocenters. The normalized spacial score (nSPS) is 22.5. The van der Waals surface area contributed by atoms with Gasteiger partial charge in [-0.25, -0.2) is 0 Å². The number of ether oxygens (including phenoxy) is 1. The molecule has 0 aliphatic heterocycles. The Balaban J connectivity index is 2.08. The molecule has 0 saturated heterocycles. The van der Waals surface area contributed by atoms with Crippen molar-refractivity contribution in [1.82, 2.24) is 0 Å². The maximum absolute atomic E-state index is 11.1. The van der Waals surface area contributed by atoms with Gasteiger partial charge >= 0.3 is 5.69 Å². The fourth-order valence-corrected chi connectivity index (χ4v) is 2.97. The Hall–Kier alpha value is -1.62. The number of nitro groups is 1. The number of hydrogen-bond donors (Lipinski definition) is 1. The average molecular weight is 278 g/mol. The molecule has 1 aliphatic rings. The zero-order valence-electron chi connectivity index (χ0n) is 11.9. The van der Waals surface area contributed by atoms with E-state index in [9.17, 15) is 10.1 Å². The number of nitro benzene ring substituents is 1. The highest BCUT2D eigenvalue weighted by Crippen LogP contribution is 2.34. The van der Waals surface area contributed by atoms with Crippen LogP contribution in [0, 0.1) is 28.9 Å². The third-order valence-corrected chi connectivity index (χ3v) is 4.20. The Labute approximate surface area is 119 Å². The molecule has 1 aliphatic carbocycles. The van der Waals surface area contributed by atoms with E-state index in [2.05, 4.69) is 0 Å². The predicted octanol–water partition coefficient (Wildman–Crippen LogP) is 3.05. The lowest BCUT2D eigenvalue weighted by Gasteiger charge is -2.30. The highest BCUT2D eigenvalue weighted by Gasteiger charge is 2.26. The zero-order chi connectivity index (χ0) is 14.5. The first-order chi connectivity index (χ1) is 9.63. The van der Waals surface area contributed by atoms with Crippen molar-refractivity contribution in [2.75, 3.05) is 13.2 Å². The van der Waals surface area contributed by atoms with Gasteiger partial charge in [0, 0.05) is 6.07 Å². The second-order valence-electron chi connectivity index (χ2n) is 5.53. The summed E-state index contributed by atoms with van der Waals surface area (Å²) in [7, 11) is 0. The van der Waals surface area contributed by atoms with E-state index >= 15 is 0 Å². The van der Waals surface area contributed by atoms with Crippen LogP contribution in [-0.2, 0) is 0 Å². The monoisotopic (exact) mass is 278 g/mol. The predicted molar refractivity (Wildman–Crippen MR) is 77.8 cm³/mol. The number of benzene rings is 1. The van der Waals surface area contributed by atoms with Crippen molar-refractivity contribution in [1.29, 1.82) is 0 Å². The van der Waals surface area contributed by atoms with Crippen LogP contribution in [-0.4, -0.2) is 18.1 Å². The Morgan fingerprint density at radius 3 is 2.70 bits per heavy atom. The minimum Gasteiger partial charge on any atom is -0.486 e. The molecule has 1 saturated carbocycles. The van der Waals surface area contributed by atoms with Crippen molar-refractivity contribution in [3.63, 3.8) is 0 Å². The Morgan fingerprint density at radius 2 is 2.05 bits per heavy atom. The third kappa shape index (κ3) is 3.28. The smallest absolute Gasteiger partial charge is 0.311 e. The number of nitrogens with zero attached hydrogens (tertiary/aromatic N) is 1. The molecule has 2 N–H and O–H groups in total.